The Morgan fingerprint density at radius 2 is 2.20 bits per heavy atom. The molecule has 0 spiro atoms. The first kappa shape index (κ1) is 13.6. The summed E-state index contributed by atoms with van der Waals surface area (Å²) in [5, 5.41) is 4.01. The molecular weight excluding hydrogens is 270 g/mol. The molecule has 0 N–H and O–H groups in total. The highest BCUT2D eigenvalue weighted by Crippen LogP contribution is 2.32. The lowest BCUT2D eigenvalue weighted by Gasteiger charge is -2.22. The van der Waals surface area contributed by atoms with Gasteiger partial charge in [0.15, 0.2) is 5.82 Å². The van der Waals surface area contributed by atoms with E-state index < -0.39 is 0 Å². The minimum absolute atomic E-state index is 0.479. The standard InChI is InChI=1S/C15H19N3OS/c1-20-11-14-16-15(19-17-14)10-18-9-5-8-13(18)12-6-3-2-4-7-12/h2-4,6-7,13H,5,8-11H2,1H3/t13-/m0/s1. The first-order valence-corrected chi connectivity index (χ1v) is 8.35. The summed E-state index contributed by atoms with van der Waals surface area (Å²) in [5.41, 5.74) is 1.38. The van der Waals surface area contributed by atoms with E-state index in [1.807, 2.05) is 6.26 Å². The first-order valence-electron chi connectivity index (χ1n) is 6.96. The second-order valence-electron chi connectivity index (χ2n) is 5.08. The van der Waals surface area contributed by atoms with Gasteiger partial charge in [0, 0.05) is 6.04 Å². The summed E-state index contributed by atoms with van der Waals surface area (Å²) < 4.78 is 5.35. The van der Waals surface area contributed by atoms with Gasteiger partial charge in [0.2, 0.25) is 5.89 Å². The van der Waals surface area contributed by atoms with Crippen molar-refractivity contribution in [3.8, 4) is 0 Å². The Morgan fingerprint density at radius 1 is 1.35 bits per heavy atom. The van der Waals surface area contributed by atoms with Crippen molar-refractivity contribution in [2.45, 2.75) is 31.2 Å². The Bertz CT molecular complexity index is 543. The van der Waals surface area contributed by atoms with Crippen molar-refractivity contribution in [1.82, 2.24) is 15.0 Å². The van der Waals surface area contributed by atoms with E-state index in [9.17, 15) is 0 Å². The van der Waals surface area contributed by atoms with E-state index in [1.165, 1.54) is 18.4 Å². The summed E-state index contributed by atoms with van der Waals surface area (Å²) in [7, 11) is 0. The van der Waals surface area contributed by atoms with Crippen molar-refractivity contribution >= 4 is 11.8 Å². The number of hydrogen-bond donors (Lipinski definition) is 0. The normalized spacial score (nSPS) is 19.6. The summed E-state index contributed by atoms with van der Waals surface area (Å²) in [6.07, 6.45) is 4.48. The molecule has 1 fully saturated rings. The molecule has 0 aliphatic carbocycles. The van der Waals surface area contributed by atoms with Crippen LogP contribution in [0.2, 0.25) is 0 Å². The molecule has 1 atom stereocenters. The molecule has 0 bridgehead atoms. The average molecular weight is 289 g/mol. The molecule has 1 aromatic heterocycles. The van der Waals surface area contributed by atoms with Crippen molar-refractivity contribution in [1.29, 1.82) is 0 Å². The van der Waals surface area contributed by atoms with Gasteiger partial charge in [-0.25, -0.2) is 0 Å². The smallest absolute Gasteiger partial charge is 0.240 e. The maximum atomic E-state index is 5.35. The van der Waals surface area contributed by atoms with Crippen molar-refractivity contribution in [2.24, 2.45) is 0 Å². The molecule has 0 unspecified atom stereocenters. The monoisotopic (exact) mass is 289 g/mol. The fourth-order valence-electron chi connectivity index (χ4n) is 2.78. The van der Waals surface area contributed by atoms with Crippen LogP contribution in [0.25, 0.3) is 0 Å². The van der Waals surface area contributed by atoms with Gasteiger partial charge in [-0.05, 0) is 31.2 Å². The zero-order chi connectivity index (χ0) is 13.8. The Hall–Kier alpha value is -1.33. The van der Waals surface area contributed by atoms with E-state index in [4.69, 9.17) is 4.52 Å². The highest BCUT2D eigenvalue weighted by atomic mass is 32.2. The Labute approximate surface area is 123 Å². The van der Waals surface area contributed by atoms with Crippen LogP contribution in [0.5, 0.6) is 0 Å². The average Bonchev–Trinajstić information content (AvgIpc) is 3.10. The van der Waals surface area contributed by atoms with Gasteiger partial charge in [-0.2, -0.15) is 16.7 Å². The molecule has 1 aliphatic heterocycles. The van der Waals surface area contributed by atoms with E-state index in [1.54, 1.807) is 11.8 Å². The molecule has 106 valence electrons. The van der Waals surface area contributed by atoms with E-state index in [0.29, 0.717) is 6.04 Å². The van der Waals surface area contributed by atoms with Crippen LogP contribution in [0.1, 0.15) is 36.2 Å². The molecule has 4 nitrogen and oxygen atoms in total. The maximum absolute atomic E-state index is 5.35. The number of aromatic nitrogens is 2. The molecule has 5 heteroatoms. The van der Waals surface area contributed by atoms with E-state index >= 15 is 0 Å². The third kappa shape index (κ3) is 3.04. The predicted octanol–water partition coefficient (Wildman–Crippen LogP) is 3.27. The second kappa shape index (κ2) is 6.41. The molecule has 2 heterocycles. The lowest BCUT2D eigenvalue weighted by molar-refractivity contribution is 0.212. The highest BCUT2D eigenvalue weighted by Gasteiger charge is 2.27. The summed E-state index contributed by atoms with van der Waals surface area (Å²) in [5.74, 6) is 2.34. The molecule has 0 amide bonds. The van der Waals surface area contributed by atoms with Crippen LogP contribution in [-0.2, 0) is 12.3 Å². The van der Waals surface area contributed by atoms with Gasteiger partial charge in [0.25, 0.3) is 0 Å². The molecule has 1 aliphatic rings. The number of rotatable bonds is 5. The second-order valence-corrected chi connectivity index (χ2v) is 5.94. The van der Waals surface area contributed by atoms with E-state index in [0.717, 1.165) is 30.6 Å². The van der Waals surface area contributed by atoms with Crippen molar-refractivity contribution in [3.63, 3.8) is 0 Å². The fourth-order valence-corrected chi connectivity index (χ4v) is 3.16. The molecular formula is C15H19N3OS. The van der Waals surface area contributed by atoms with Gasteiger partial charge >= 0.3 is 0 Å². The first-order chi connectivity index (χ1) is 9.86. The quantitative estimate of drug-likeness (QED) is 0.845. The Morgan fingerprint density at radius 3 is 3.00 bits per heavy atom. The Kier molecular flexibility index (Phi) is 4.38. The van der Waals surface area contributed by atoms with Crippen molar-refractivity contribution in [2.75, 3.05) is 12.8 Å². The number of likely N-dealkylation sites (tertiary alicyclic amines) is 1. The van der Waals surface area contributed by atoms with Crippen LogP contribution in [0.4, 0.5) is 0 Å². The van der Waals surface area contributed by atoms with Gasteiger partial charge in [0.05, 0.1) is 12.3 Å². The van der Waals surface area contributed by atoms with Crippen molar-refractivity contribution < 1.29 is 4.52 Å². The maximum Gasteiger partial charge on any atom is 0.240 e. The molecule has 0 radical (unpaired) electrons. The summed E-state index contributed by atoms with van der Waals surface area (Å²) >= 11 is 1.71. The predicted molar refractivity (Wildman–Crippen MR) is 80.3 cm³/mol. The third-order valence-electron chi connectivity index (χ3n) is 3.67. The minimum atomic E-state index is 0.479. The molecule has 1 aromatic carbocycles. The minimum Gasteiger partial charge on any atom is -0.338 e. The summed E-state index contributed by atoms with van der Waals surface area (Å²) in [6, 6.07) is 11.2. The summed E-state index contributed by atoms with van der Waals surface area (Å²) in [4.78, 5) is 6.89. The lowest BCUT2D eigenvalue weighted by Crippen LogP contribution is -2.22. The molecule has 3 rings (SSSR count). The SMILES string of the molecule is CSCc1noc(CN2CCC[C@H]2c2ccccc2)n1. The van der Waals surface area contributed by atoms with Gasteiger partial charge in [-0.1, -0.05) is 35.5 Å². The zero-order valence-corrected chi connectivity index (χ0v) is 12.5. The van der Waals surface area contributed by atoms with Crippen LogP contribution in [-0.4, -0.2) is 27.8 Å². The lowest BCUT2D eigenvalue weighted by atomic mass is 10.0. The summed E-state index contributed by atoms with van der Waals surface area (Å²) in [6.45, 7) is 1.85. The van der Waals surface area contributed by atoms with Crippen LogP contribution < -0.4 is 0 Å². The number of benzene rings is 1. The highest BCUT2D eigenvalue weighted by molar-refractivity contribution is 7.97. The molecule has 20 heavy (non-hydrogen) atoms. The third-order valence-corrected chi connectivity index (χ3v) is 4.22. The van der Waals surface area contributed by atoms with Gasteiger partial charge in [0.1, 0.15) is 0 Å². The van der Waals surface area contributed by atoms with Gasteiger partial charge < -0.3 is 4.52 Å². The largest absolute Gasteiger partial charge is 0.338 e. The topological polar surface area (TPSA) is 42.2 Å². The zero-order valence-electron chi connectivity index (χ0n) is 11.7. The van der Waals surface area contributed by atoms with Gasteiger partial charge in [-0.15, -0.1) is 0 Å². The van der Waals surface area contributed by atoms with Crippen LogP contribution in [0.15, 0.2) is 34.9 Å². The molecule has 1 saturated heterocycles. The number of nitrogens with zero attached hydrogens (tertiary/aromatic N) is 3. The Balaban J connectivity index is 1.69. The molecule has 2 aromatic rings. The fraction of sp³-hybridized carbons (Fsp3) is 0.467. The number of hydrogen-bond acceptors (Lipinski definition) is 5. The van der Waals surface area contributed by atoms with E-state index in [-0.39, 0.29) is 0 Å². The van der Waals surface area contributed by atoms with Crippen LogP contribution in [0.3, 0.4) is 0 Å². The van der Waals surface area contributed by atoms with E-state index in [2.05, 4.69) is 45.4 Å². The number of thioether (sulfide) groups is 1. The molecule has 0 saturated carbocycles. The van der Waals surface area contributed by atoms with Gasteiger partial charge in [-0.3, -0.25) is 4.90 Å². The van der Waals surface area contributed by atoms with Crippen molar-refractivity contribution in [3.05, 3.63) is 47.6 Å². The van der Waals surface area contributed by atoms with Crippen LogP contribution >= 0.6 is 11.8 Å². The van der Waals surface area contributed by atoms with Crippen LogP contribution in [0, 0.1) is 0 Å².